The molecule has 0 spiro atoms. The van der Waals surface area contributed by atoms with Crippen molar-refractivity contribution in [2.24, 2.45) is 0 Å². The number of rotatable bonds is 10. The summed E-state index contributed by atoms with van der Waals surface area (Å²) in [5.41, 5.74) is 5.97. The Morgan fingerprint density at radius 2 is 1.78 bits per heavy atom. The predicted octanol–water partition coefficient (Wildman–Crippen LogP) is 6.19. The van der Waals surface area contributed by atoms with Gasteiger partial charge in [-0.15, -0.1) is 4.52 Å². The Labute approximate surface area is 217 Å². The summed E-state index contributed by atoms with van der Waals surface area (Å²) in [5.74, 6) is 4.58. The number of carbonyl (C=O) groups is 1. The van der Waals surface area contributed by atoms with E-state index in [0.29, 0.717) is 12.0 Å². The number of pyridine rings is 1. The Kier molecular flexibility index (Phi) is 10.0. The fraction of sp³-hybridized carbons (Fsp3) is 0.310. The van der Waals surface area contributed by atoms with E-state index in [-0.39, 0.29) is 24.5 Å². The van der Waals surface area contributed by atoms with Crippen LogP contribution in [0.3, 0.4) is 0 Å². The van der Waals surface area contributed by atoms with E-state index < -0.39 is 26.5 Å². The van der Waals surface area contributed by atoms with Gasteiger partial charge in [0.2, 0.25) is 6.16 Å². The zero-order valence-corrected chi connectivity index (χ0v) is 22.0. The topological polar surface area (TPSA) is 96.7 Å². The van der Waals surface area contributed by atoms with E-state index in [2.05, 4.69) is 11.8 Å². The monoisotopic (exact) mass is 522 g/mol. The molecule has 0 saturated carbocycles. The van der Waals surface area contributed by atoms with Crippen molar-refractivity contribution in [3.8, 4) is 34.2 Å². The molecule has 2 unspecified atom stereocenters. The Bertz CT molecular complexity index is 1310. The lowest BCUT2D eigenvalue weighted by molar-refractivity contribution is -0.138. The summed E-state index contributed by atoms with van der Waals surface area (Å²) in [6, 6.07) is 16.2. The van der Waals surface area contributed by atoms with Gasteiger partial charge in [-0.25, -0.2) is 4.39 Å². The molecule has 2 N–H and O–H groups in total. The molecule has 0 aliphatic carbocycles. The number of carboxylic acids is 1. The molecule has 0 fully saturated rings. The van der Waals surface area contributed by atoms with Gasteiger partial charge in [0.1, 0.15) is 11.9 Å². The maximum Gasteiger partial charge on any atom is 0.511 e. The molecule has 3 aromatic rings. The van der Waals surface area contributed by atoms with Crippen LogP contribution in [0.25, 0.3) is 22.4 Å². The molecule has 192 valence electrons. The Hall–Kier alpha value is -3.43. The van der Waals surface area contributed by atoms with Gasteiger partial charge in [0.05, 0.1) is 23.4 Å². The summed E-state index contributed by atoms with van der Waals surface area (Å²) in [4.78, 5) is 15.7. The van der Waals surface area contributed by atoms with Crippen LogP contribution in [0.4, 0.5) is 4.39 Å². The van der Waals surface area contributed by atoms with Crippen LogP contribution >= 0.6 is 8.03 Å². The predicted molar refractivity (Wildman–Crippen MR) is 142 cm³/mol. The quantitative estimate of drug-likeness (QED) is 0.244. The van der Waals surface area contributed by atoms with Crippen molar-refractivity contribution < 1.29 is 28.5 Å². The van der Waals surface area contributed by atoms with Gasteiger partial charge in [0.25, 0.3) is 0 Å². The van der Waals surface area contributed by atoms with Crippen molar-refractivity contribution in [1.29, 1.82) is 0 Å². The average Bonchev–Trinajstić information content (AvgIpc) is 2.86. The van der Waals surface area contributed by atoms with E-state index in [1.807, 2.05) is 51.1 Å². The van der Waals surface area contributed by atoms with Crippen LogP contribution < -0.4 is 0 Å². The van der Waals surface area contributed by atoms with E-state index in [1.165, 1.54) is 12.1 Å². The Morgan fingerprint density at radius 1 is 1.11 bits per heavy atom. The van der Waals surface area contributed by atoms with Crippen LogP contribution in [0, 0.1) is 17.7 Å². The number of aromatic nitrogens is 1. The van der Waals surface area contributed by atoms with Crippen LogP contribution in [-0.4, -0.2) is 40.0 Å². The van der Waals surface area contributed by atoms with E-state index in [9.17, 15) is 18.9 Å². The molecule has 1 aromatic heterocycles. The number of aliphatic hydroxyl groups is 1. The second kappa shape index (κ2) is 13.2. The van der Waals surface area contributed by atoms with Crippen LogP contribution in [0.5, 0.6) is 0 Å². The molecule has 0 saturated heterocycles. The average molecular weight is 523 g/mol. The number of hydrogen-bond donors (Lipinski definition) is 2. The Morgan fingerprint density at radius 3 is 2.38 bits per heavy atom. The van der Waals surface area contributed by atoms with Gasteiger partial charge in [-0.1, -0.05) is 75.1 Å². The lowest BCUT2D eigenvalue weighted by atomic mass is 9.87. The highest BCUT2D eigenvalue weighted by atomic mass is 31.1. The highest BCUT2D eigenvalue weighted by Crippen LogP contribution is 2.38. The van der Waals surface area contributed by atoms with Crippen molar-refractivity contribution in [2.45, 2.75) is 45.6 Å². The minimum atomic E-state index is -2.27. The molecule has 0 radical (unpaired) electrons. The van der Waals surface area contributed by atoms with Crippen LogP contribution in [0.1, 0.15) is 49.9 Å². The van der Waals surface area contributed by atoms with E-state index in [0.717, 1.165) is 33.6 Å². The summed E-state index contributed by atoms with van der Waals surface area (Å²) < 4.78 is 31.1. The second-order valence-corrected chi connectivity index (χ2v) is 10.1. The van der Waals surface area contributed by atoms with Crippen molar-refractivity contribution in [1.82, 2.24) is 4.98 Å². The highest BCUT2D eigenvalue weighted by Gasteiger charge is 2.25. The minimum absolute atomic E-state index is 0.0283. The molecular weight excluding hydrogens is 492 g/mol. The van der Waals surface area contributed by atoms with Crippen LogP contribution in [0.15, 0.2) is 54.6 Å². The molecule has 0 aliphatic heterocycles. The molecule has 8 heteroatoms. The van der Waals surface area contributed by atoms with Crippen LogP contribution in [-0.2, 0) is 20.3 Å². The van der Waals surface area contributed by atoms with Gasteiger partial charge < -0.3 is 10.2 Å². The third-order valence-electron chi connectivity index (χ3n) is 5.67. The fourth-order valence-electron chi connectivity index (χ4n) is 4.02. The fourth-order valence-corrected chi connectivity index (χ4v) is 4.81. The van der Waals surface area contributed by atoms with Crippen molar-refractivity contribution in [3.63, 3.8) is 0 Å². The minimum Gasteiger partial charge on any atom is -0.481 e. The maximum atomic E-state index is 13.8. The van der Waals surface area contributed by atoms with Gasteiger partial charge in [0, 0.05) is 11.1 Å². The Balaban J connectivity index is 2.07. The third kappa shape index (κ3) is 7.53. The van der Waals surface area contributed by atoms with Crippen molar-refractivity contribution in [2.75, 3.05) is 12.8 Å². The molecule has 2 aromatic carbocycles. The van der Waals surface area contributed by atoms with Crippen molar-refractivity contribution >= 4 is 14.0 Å². The molecule has 0 bridgehead atoms. The normalized spacial score (nSPS) is 12.1. The van der Waals surface area contributed by atoms with Gasteiger partial charge in [-0.3, -0.25) is 9.78 Å². The first-order chi connectivity index (χ1) is 17.7. The van der Waals surface area contributed by atoms with Gasteiger partial charge >= 0.3 is 14.0 Å². The first kappa shape index (κ1) is 28.1. The standard InChI is InChI=1S/C29H29FNO5P/c1-4-24-27(20-12-14-22(30)15-13-20)25(11-8-16-36-37(35)18-23(32)17-26(33)34)28(19(2)3)31-29(24)21-9-6-5-7-10-21/h5-7,9-10,12-15,19,23,32H,4,16-18H2,1-3H3/p+1. The zero-order chi connectivity index (χ0) is 26.9. The SMILES string of the molecule is CCc1c(-c2ccccc2)nc(C(C)C)c(C#CCO[P+](=O)CC(O)CC(=O)O)c1-c1ccc(F)cc1. The molecule has 2 atom stereocenters. The first-order valence-corrected chi connectivity index (χ1v) is 13.4. The lowest BCUT2D eigenvalue weighted by Gasteiger charge is -2.21. The molecular formula is C29H30FNO5P+. The van der Waals surface area contributed by atoms with Gasteiger partial charge in [-0.05, 0) is 40.2 Å². The first-order valence-electron chi connectivity index (χ1n) is 12.1. The third-order valence-corrected chi connectivity index (χ3v) is 6.81. The number of carboxylic acid groups (broad SMARTS) is 1. The molecule has 3 rings (SSSR count). The van der Waals surface area contributed by atoms with Crippen LogP contribution in [0.2, 0.25) is 0 Å². The molecule has 0 amide bonds. The largest absolute Gasteiger partial charge is 0.511 e. The second-order valence-electron chi connectivity index (χ2n) is 8.80. The summed E-state index contributed by atoms with van der Waals surface area (Å²) in [6.07, 6.45) is -1.38. The summed E-state index contributed by atoms with van der Waals surface area (Å²) >= 11 is 0. The number of benzene rings is 2. The van der Waals surface area contributed by atoms with E-state index >= 15 is 0 Å². The summed E-state index contributed by atoms with van der Waals surface area (Å²) in [7, 11) is -2.27. The highest BCUT2D eigenvalue weighted by molar-refractivity contribution is 7.39. The molecule has 0 aliphatic rings. The smallest absolute Gasteiger partial charge is 0.481 e. The zero-order valence-electron chi connectivity index (χ0n) is 21.1. The number of aliphatic carboxylic acids is 1. The van der Waals surface area contributed by atoms with E-state index in [4.69, 9.17) is 14.6 Å². The van der Waals surface area contributed by atoms with Gasteiger partial charge in [0.15, 0.2) is 6.61 Å². The lowest BCUT2D eigenvalue weighted by Crippen LogP contribution is -2.15. The summed E-state index contributed by atoms with van der Waals surface area (Å²) in [6.45, 7) is 5.93. The number of hydrogen-bond acceptors (Lipinski definition) is 5. The molecule has 37 heavy (non-hydrogen) atoms. The summed E-state index contributed by atoms with van der Waals surface area (Å²) in [5, 5.41) is 18.4. The van der Waals surface area contributed by atoms with E-state index in [1.54, 1.807) is 12.1 Å². The molecule has 1 heterocycles. The number of halogens is 1. The van der Waals surface area contributed by atoms with Crippen molar-refractivity contribution in [3.05, 3.63) is 77.2 Å². The number of aliphatic hydroxyl groups excluding tert-OH is 1. The maximum absolute atomic E-state index is 13.8. The number of nitrogens with zero attached hydrogens (tertiary/aromatic N) is 1. The molecule has 6 nitrogen and oxygen atoms in total. The van der Waals surface area contributed by atoms with Gasteiger partial charge in [-0.2, -0.15) is 0 Å².